The topological polar surface area (TPSA) is 83.7 Å². The summed E-state index contributed by atoms with van der Waals surface area (Å²) in [7, 11) is 2.10. The maximum Gasteiger partial charge on any atom is 0.222 e. The molecule has 0 spiro atoms. The number of rotatable bonds is 7. The SMILES string of the molecule is C[C@H](CO)N1C[C@H](C)[C@@H](CN(C)Cc2ccc(-c3ccccc3)cc2)OCc2cnnn2CCCC1=O. The lowest BCUT2D eigenvalue weighted by atomic mass is 10.0. The lowest BCUT2D eigenvalue weighted by Gasteiger charge is -2.35. The molecule has 4 rings (SSSR count). The number of amides is 1. The minimum absolute atomic E-state index is 0.0567. The first-order chi connectivity index (χ1) is 17.9. The second-order valence-corrected chi connectivity index (χ2v) is 10.2. The van der Waals surface area contributed by atoms with Crippen molar-refractivity contribution in [2.45, 2.75) is 58.5 Å². The molecule has 8 nitrogen and oxygen atoms in total. The van der Waals surface area contributed by atoms with E-state index in [0.29, 0.717) is 39.1 Å². The van der Waals surface area contributed by atoms with Crippen molar-refractivity contribution in [2.75, 3.05) is 26.7 Å². The van der Waals surface area contributed by atoms with Crippen LogP contribution in [0.1, 0.15) is 37.9 Å². The highest BCUT2D eigenvalue weighted by Crippen LogP contribution is 2.21. The van der Waals surface area contributed by atoms with Crippen molar-refractivity contribution >= 4 is 5.91 Å². The third-order valence-corrected chi connectivity index (χ3v) is 7.14. The first-order valence-electron chi connectivity index (χ1n) is 13.2. The number of carbonyl (C=O) groups excluding carboxylic acids is 1. The van der Waals surface area contributed by atoms with Crippen molar-refractivity contribution < 1.29 is 14.6 Å². The Labute approximate surface area is 219 Å². The van der Waals surface area contributed by atoms with Crippen molar-refractivity contribution in [3.8, 4) is 11.1 Å². The van der Waals surface area contributed by atoms with Gasteiger partial charge in [-0.05, 0) is 37.1 Å². The average molecular weight is 506 g/mol. The van der Waals surface area contributed by atoms with Crippen LogP contribution in [0, 0.1) is 5.92 Å². The van der Waals surface area contributed by atoms with Crippen molar-refractivity contribution in [1.29, 1.82) is 0 Å². The van der Waals surface area contributed by atoms with E-state index < -0.39 is 0 Å². The van der Waals surface area contributed by atoms with Gasteiger partial charge < -0.3 is 14.7 Å². The van der Waals surface area contributed by atoms with Gasteiger partial charge in [-0.15, -0.1) is 5.10 Å². The molecule has 2 aromatic carbocycles. The molecule has 0 fully saturated rings. The van der Waals surface area contributed by atoms with E-state index in [9.17, 15) is 9.90 Å². The normalized spacial score (nSPS) is 20.2. The van der Waals surface area contributed by atoms with Crippen LogP contribution < -0.4 is 0 Å². The summed E-state index contributed by atoms with van der Waals surface area (Å²) in [6.45, 7) is 7.04. The summed E-state index contributed by atoms with van der Waals surface area (Å²) in [6.07, 6.45) is 2.72. The zero-order valence-corrected chi connectivity index (χ0v) is 22.2. The van der Waals surface area contributed by atoms with Gasteiger partial charge in [0.2, 0.25) is 5.91 Å². The Bertz CT molecular complexity index is 1120. The Morgan fingerprint density at radius 1 is 1.14 bits per heavy atom. The van der Waals surface area contributed by atoms with Crippen molar-refractivity contribution in [1.82, 2.24) is 24.8 Å². The third-order valence-electron chi connectivity index (χ3n) is 7.14. The molecule has 1 amide bonds. The molecule has 0 aliphatic carbocycles. The minimum Gasteiger partial charge on any atom is -0.394 e. The molecular formula is C29H39N5O3. The first kappa shape index (κ1) is 27.0. The number of benzene rings is 2. The molecule has 3 atom stereocenters. The third kappa shape index (κ3) is 7.25. The highest BCUT2D eigenvalue weighted by atomic mass is 16.5. The van der Waals surface area contributed by atoms with Crippen LogP contribution in [0.4, 0.5) is 0 Å². The molecule has 0 radical (unpaired) electrons. The lowest BCUT2D eigenvalue weighted by Crippen LogP contribution is -2.47. The van der Waals surface area contributed by atoms with Gasteiger partial charge in [-0.1, -0.05) is 66.7 Å². The quantitative estimate of drug-likeness (QED) is 0.528. The molecule has 3 aromatic rings. The Balaban J connectivity index is 1.46. The van der Waals surface area contributed by atoms with Gasteiger partial charge in [0.05, 0.1) is 37.3 Å². The summed E-state index contributed by atoms with van der Waals surface area (Å²) in [5.41, 5.74) is 4.57. The molecular weight excluding hydrogens is 466 g/mol. The largest absolute Gasteiger partial charge is 0.394 e. The second-order valence-electron chi connectivity index (χ2n) is 10.2. The van der Waals surface area contributed by atoms with E-state index in [1.165, 1.54) is 16.7 Å². The molecule has 1 aliphatic heterocycles. The van der Waals surface area contributed by atoms with Gasteiger partial charge in [-0.3, -0.25) is 9.69 Å². The van der Waals surface area contributed by atoms with E-state index in [-0.39, 0.29) is 30.6 Å². The van der Waals surface area contributed by atoms with Gasteiger partial charge in [0.15, 0.2) is 0 Å². The molecule has 1 N–H and O–H groups in total. The number of hydrogen-bond acceptors (Lipinski definition) is 6. The monoisotopic (exact) mass is 505 g/mol. The Morgan fingerprint density at radius 2 is 1.86 bits per heavy atom. The molecule has 198 valence electrons. The van der Waals surface area contributed by atoms with Crippen LogP contribution >= 0.6 is 0 Å². The van der Waals surface area contributed by atoms with E-state index >= 15 is 0 Å². The predicted molar refractivity (Wildman–Crippen MR) is 143 cm³/mol. The fourth-order valence-electron chi connectivity index (χ4n) is 4.86. The van der Waals surface area contributed by atoms with Gasteiger partial charge in [0.1, 0.15) is 0 Å². The number of hydrogen-bond donors (Lipinski definition) is 1. The van der Waals surface area contributed by atoms with Crippen molar-refractivity contribution in [3.05, 3.63) is 72.1 Å². The molecule has 1 aromatic heterocycles. The number of aliphatic hydroxyl groups is 1. The standard InChI is InChI=1S/C29H39N5O3/c1-22-17-33(23(2)20-35)29(36)10-7-15-34-27(16-30-31-34)21-37-28(22)19-32(3)18-24-11-13-26(14-12-24)25-8-5-4-6-9-25/h4-6,8-9,11-14,16,22-23,28,35H,7,10,15,17-21H2,1-3H3/t22-,23+,28+/m0/s1. The fraction of sp³-hybridized carbons (Fsp3) is 0.483. The Kier molecular flexibility index (Phi) is 9.44. The molecule has 0 bridgehead atoms. The second kappa shape index (κ2) is 12.9. The summed E-state index contributed by atoms with van der Waals surface area (Å²) in [6, 6.07) is 18.8. The van der Waals surface area contributed by atoms with Crippen LogP contribution in [-0.2, 0) is 29.2 Å². The molecule has 8 heteroatoms. The maximum absolute atomic E-state index is 13.0. The van der Waals surface area contributed by atoms with Crippen molar-refractivity contribution in [3.63, 3.8) is 0 Å². The molecule has 2 heterocycles. The molecule has 1 aliphatic rings. The van der Waals surface area contributed by atoms with Crippen molar-refractivity contribution in [2.24, 2.45) is 5.92 Å². The van der Waals surface area contributed by atoms with Gasteiger partial charge in [0, 0.05) is 38.5 Å². The van der Waals surface area contributed by atoms with E-state index in [0.717, 1.165) is 12.2 Å². The number of fused-ring (bicyclic) bond motifs is 1. The number of aliphatic hydroxyl groups excluding tert-OH is 1. The number of aromatic nitrogens is 3. The summed E-state index contributed by atoms with van der Waals surface area (Å²) < 4.78 is 8.28. The maximum atomic E-state index is 13.0. The van der Waals surface area contributed by atoms with E-state index in [4.69, 9.17) is 4.74 Å². The molecule has 0 saturated carbocycles. The lowest BCUT2D eigenvalue weighted by molar-refractivity contribution is -0.136. The van der Waals surface area contributed by atoms with Crippen LogP contribution in [0.25, 0.3) is 11.1 Å². The van der Waals surface area contributed by atoms with Crippen LogP contribution in [0.5, 0.6) is 0 Å². The summed E-state index contributed by atoms with van der Waals surface area (Å²) >= 11 is 0. The van der Waals surface area contributed by atoms with Crippen LogP contribution in [0.2, 0.25) is 0 Å². The van der Waals surface area contributed by atoms with Gasteiger partial charge in [-0.2, -0.15) is 0 Å². The van der Waals surface area contributed by atoms with Crippen LogP contribution in [-0.4, -0.2) is 74.7 Å². The number of ether oxygens (including phenoxy) is 1. The van der Waals surface area contributed by atoms with Gasteiger partial charge >= 0.3 is 0 Å². The summed E-state index contributed by atoms with van der Waals surface area (Å²) in [5.74, 6) is 0.130. The van der Waals surface area contributed by atoms with E-state index in [1.54, 1.807) is 6.20 Å². The highest BCUT2D eigenvalue weighted by molar-refractivity contribution is 5.76. The number of aryl methyl sites for hydroxylation is 1. The molecule has 0 saturated heterocycles. The van der Waals surface area contributed by atoms with Crippen LogP contribution in [0.15, 0.2) is 60.8 Å². The summed E-state index contributed by atoms with van der Waals surface area (Å²) in [4.78, 5) is 17.1. The zero-order valence-electron chi connectivity index (χ0n) is 22.2. The first-order valence-corrected chi connectivity index (χ1v) is 13.2. The highest BCUT2D eigenvalue weighted by Gasteiger charge is 2.28. The smallest absolute Gasteiger partial charge is 0.222 e. The molecule has 37 heavy (non-hydrogen) atoms. The number of carbonyl (C=O) groups is 1. The van der Waals surface area contributed by atoms with Gasteiger partial charge in [-0.25, -0.2) is 4.68 Å². The number of likely N-dealkylation sites (N-methyl/N-ethyl adjacent to an activating group) is 1. The Hall–Kier alpha value is -3.07. The average Bonchev–Trinajstić information content (AvgIpc) is 3.36. The fourth-order valence-corrected chi connectivity index (χ4v) is 4.86. The van der Waals surface area contributed by atoms with E-state index in [2.05, 4.69) is 77.7 Å². The van der Waals surface area contributed by atoms with E-state index in [1.807, 2.05) is 22.6 Å². The molecule has 0 unspecified atom stereocenters. The Morgan fingerprint density at radius 3 is 2.59 bits per heavy atom. The summed E-state index contributed by atoms with van der Waals surface area (Å²) in [5, 5.41) is 18.0. The van der Waals surface area contributed by atoms with Gasteiger partial charge in [0.25, 0.3) is 0 Å². The minimum atomic E-state index is -0.235. The van der Waals surface area contributed by atoms with Crippen LogP contribution in [0.3, 0.4) is 0 Å². The predicted octanol–water partition coefficient (Wildman–Crippen LogP) is 3.60. The number of nitrogens with zero attached hydrogens (tertiary/aromatic N) is 5. The zero-order chi connectivity index (χ0) is 26.2.